The van der Waals surface area contributed by atoms with Crippen molar-refractivity contribution in [2.24, 2.45) is 11.8 Å². The quantitative estimate of drug-likeness (QED) is 0.429. The number of rotatable bonds is 10. The highest BCUT2D eigenvalue weighted by molar-refractivity contribution is 4.77. The van der Waals surface area contributed by atoms with Crippen molar-refractivity contribution in [2.75, 3.05) is 13.1 Å². The van der Waals surface area contributed by atoms with E-state index >= 15 is 0 Å². The van der Waals surface area contributed by atoms with Gasteiger partial charge in [0.1, 0.15) is 0 Å². The summed E-state index contributed by atoms with van der Waals surface area (Å²) in [4.78, 5) is 0. The molecule has 1 aliphatic rings. The van der Waals surface area contributed by atoms with Crippen molar-refractivity contribution in [3.63, 3.8) is 0 Å². The molecule has 1 rings (SSSR count). The van der Waals surface area contributed by atoms with E-state index in [4.69, 9.17) is 0 Å². The van der Waals surface area contributed by atoms with E-state index in [1.165, 1.54) is 77.3 Å². The number of allylic oxidation sites excluding steroid dienone is 1. The van der Waals surface area contributed by atoms with E-state index in [2.05, 4.69) is 24.9 Å². The van der Waals surface area contributed by atoms with Gasteiger partial charge in [-0.1, -0.05) is 51.5 Å². The number of nitrogens with one attached hydrogen (secondary N) is 1. The Morgan fingerprint density at radius 1 is 1.11 bits per heavy atom. The van der Waals surface area contributed by atoms with Crippen LogP contribution in [0.5, 0.6) is 0 Å². The maximum atomic E-state index is 3.79. The molecule has 1 N–H and O–H groups in total. The maximum absolute atomic E-state index is 3.79. The van der Waals surface area contributed by atoms with E-state index in [-0.39, 0.29) is 0 Å². The third-order valence-electron chi connectivity index (χ3n) is 4.38. The van der Waals surface area contributed by atoms with Crippen LogP contribution in [0.1, 0.15) is 71.1 Å². The Labute approximate surface area is 114 Å². The van der Waals surface area contributed by atoms with Gasteiger partial charge in [-0.25, -0.2) is 0 Å². The van der Waals surface area contributed by atoms with Crippen LogP contribution in [-0.4, -0.2) is 13.1 Å². The Morgan fingerprint density at radius 3 is 2.61 bits per heavy atom. The van der Waals surface area contributed by atoms with Gasteiger partial charge in [-0.15, -0.1) is 6.58 Å². The SMILES string of the molecule is C=CCCCCCC1CCCCC1CNCCC. The highest BCUT2D eigenvalue weighted by Gasteiger charge is 2.23. The number of unbranched alkanes of at least 4 members (excludes halogenated alkanes) is 3. The van der Waals surface area contributed by atoms with E-state index < -0.39 is 0 Å². The molecule has 18 heavy (non-hydrogen) atoms. The third kappa shape index (κ3) is 6.58. The zero-order chi connectivity index (χ0) is 13.1. The molecule has 1 aliphatic carbocycles. The van der Waals surface area contributed by atoms with Crippen LogP contribution in [0.25, 0.3) is 0 Å². The van der Waals surface area contributed by atoms with Crippen molar-refractivity contribution in [1.29, 1.82) is 0 Å². The lowest BCUT2D eigenvalue weighted by atomic mass is 9.76. The van der Waals surface area contributed by atoms with E-state index in [1.54, 1.807) is 0 Å². The first-order valence-electron chi connectivity index (χ1n) is 8.20. The fourth-order valence-electron chi connectivity index (χ4n) is 3.27. The minimum atomic E-state index is 0.963. The number of hydrogen-bond acceptors (Lipinski definition) is 1. The van der Waals surface area contributed by atoms with Gasteiger partial charge in [0.25, 0.3) is 0 Å². The molecule has 1 heteroatoms. The monoisotopic (exact) mass is 251 g/mol. The van der Waals surface area contributed by atoms with Crippen LogP contribution in [0, 0.1) is 11.8 Å². The van der Waals surface area contributed by atoms with Crippen LogP contribution in [0.15, 0.2) is 12.7 Å². The minimum Gasteiger partial charge on any atom is -0.316 e. The predicted molar refractivity (Wildman–Crippen MR) is 81.9 cm³/mol. The Morgan fingerprint density at radius 2 is 1.89 bits per heavy atom. The van der Waals surface area contributed by atoms with Gasteiger partial charge >= 0.3 is 0 Å². The van der Waals surface area contributed by atoms with Crippen LogP contribution in [0.3, 0.4) is 0 Å². The van der Waals surface area contributed by atoms with Gasteiger partial charge in [0.2, 0.25) is 0 Å². The Hall–Kier alpha value is -0.300. The van der Waals surface area contributed by atoms with Crippen molar-refractivity contribution < 1.29 is 0 Å². The molecule has 0 aromatic rings. The summed E-state index contributed by atoms with van der Waals surface area (Å²) in [5, 5.41) is 3.63. The summed E-state index contributed by atoms with van der Waals surface area (Å²) < 4.78 is 0. The van der Waals surface area contributed by atoms with Crippen LogP contribution < -0.4 is 5.32 Å². The van der Waals surface area contributed by atoms with Gasteiger partial charge in [0.15, 0.2) is 0 Å². The van der Waals surface area contributed by atoms with Gasteiger partial charge < -0.3 is 5.32 Å². The van der Waals surface area contributed by atoms with E-state index in [9.17, 15) is 0 Å². The predicted octanol–water partition coefficient (Wildman–Crippen LogP) is 4.93. The van der Waals surface area contributed by atoms with Gasteiger partial charge in [-0.2, -0.15) is 0 Å². The smallest absolute Gasteiger partial charge is 0.00179 e. The molecule has 2 atom stereocenters. The molecule has 0 aliphatic heterocycles. The first kappa shape index (κ1) is 15.8. The van der Waals surface area contributed by atoms with Crippen molar-refractivity contribution in [1.82, 2.24) is 5.32 Å². The maximum Gasteiger partial charge on any atom is -0.00179 e. The van der Waals surface area contributed by atoms with Gasteiger partial charge in [0, 0.05) is 0 Å². The highest BCUT2D eigenvalue weighted by atomic mass is 14.9. The molecule has 0 radical (unpaired) electrons. The Balaban J connectivity index is 2.15. The first-order valence-corrected chi connectivity index (χ1v) is 8.20. The van der Waals surface area contributed by atoms with E-state index in [0.29, 0.717) is 0 Å². The molecule has 0 aromatic heterocycles. The Bertz CT molecular complexity index is 200. The summed E-state index contributed by atoms with van der Waals surface area (Å²) in [6.07, 6.45) is 16.1. The van der Waals surface area contributed by atoms with Crippen molar-refractivity contribution in [3.05, 3.63) is 12.7 Å². The molecule has 0 spiro atoms. The summed E-state index contributed by atoms with van der Waals surface area (Å²) >= 11 is 0. The van der Waals surface area contributed by atoms with E-state index in [1.807, 2.05) is 0 Å². The molecular weight excluding hydrogens is 218 g/mol. The van der Waals surface area contributed by atoms with Crippen LogP contribution in [-0.2, 0) is 0 Å². The van der Waals surface area contributed by atoms with Crippen molar-refractivity contribution >= 4 is 0 Å². The molecule has 0 bridgehead atoms. The number of hydrogen-bond donors (Lipinski definition) is 1. The Kier molecular flexibility index (Phi) is 9.28. The molecular formula is C17H33N. The first-order chi connectivity index (χ1) is 8.88. The molecule has 2 unspecified atom stereocenters. The molecule has 1 fully saturated rings. The third-order valence-corrected chi connectivity index (χ3v) is 4.38. The normalized spacial score (nSPS) is 24.1. The lowest BCUT2D eigenvalue weighted by Crippen LogP contribution is -2.31. The van der Waals surface area contributed by atoms with Gasteiger partial charge in [0.05, 0.1) is 0 Å². The zero-order valence-corrected chi connectivity index (χ0v) is 12.4. The summed E-state index contributed by atoms with van der Waals surface area (Å²) in [6.45, 7) is 8.51. The fraction of sp³-hybridized carbons (Fsp3) is 0.882. The molecule has 0 saturated heterocycles. The standard InChI is InChI=1S/C17H33N/c1-3-5-6-7-8-11-16-12-9-10-13-17(16)15-18-14-4-2/h3,16-18H,1,4-15H2,2H3. The molecule has 1 nitrogen and oxygen atoms in total. The second-order valence-electron chi connectivity index (χ2n) is 5.94. The summed E-state index contributed by atoms with van der Waals surface area (Å²) in [5.74, 6) is 1.97. The van der Waals surface area contributed by atoms with Gasteiger partial charge in [-0.3, -0.25) is 0 Å². The molecule has 0 heterocycles. The lowest BCUT2D eigenvalue weighted by molar-refractivity contribution is 0.213. The second kappa shape index (κ2) is 10.6. The van der Waals surface area contributed by atoms with Crippen LogP contribution in [0.4, 0.5) is 0 Å². The van der Waals surface area contributed by atoms with Crippen molar-refractivity contribution in [3.8, 4) is 0 Å². The topological polar surface area (TPSA) is 12.0 Å². The molecule has 0 amide bonds. The average Bonchev–Trinajstić information content (AvgIpc) is 2.40. The molecule has 106 valence electrons. The average molecular weight is 251 g/mol. The largest absolute Gasteiger partial charge is 0.316 e. The van der Waals surface area contributed by atoms with Crippen LogP contribution >= 0.6 is 0 Å². The molecule has 0 aromatic carbocycles. The fourth-order valence-corrected chi connectivity index (χ4v) is 3.27. The van der Waals surface area contributed by atoms with Crippen LogP contribution in [0.2, 0.25) is 0 Å². The lowest BCUT2D eigenvalue weighted by Gasteiger charge is -2.32. The van der Waals surface area contributed by atoms with Gasteiger partial charge in [-0.05, 0) is 50.6 Å². The zero-order valence-electron chi connectivity index (χ0n) is 12.4. The minimum absolute atomic E-state index is 0.963. The van der Waals surface area contributed by atoms with Crippen molar-refractivity contribution in [2.45, 2.75) is 71.1 Å². The highest BCUT2D eigenvalue weighted by Crippen LogP contribution is 2.33. The van der Waals surface area contributed by atoms with E-state index in [0.717, 1.165) is 11.8 Å². The second-order valence-corrected chi connectivity index (χ2v) is 5.94. The summed E-state index contributed by atoms with van der Waals surface area (Å²) in [5.41, 5.74) is 0. The summed E-state index contributed by atoms with van der Waals surface area (Å²) in [7, 11) is 0. The molecule has 1 saturated carbocycles. The summed E-state index contributed by atoms with van der Waals surface area (Å²) in [6, 6.07) is 0.